The fourth-order valence-electron chi connectivity index (χ4n) is 1.21. The summed E-state index contributed by atoms with van der Waals surface area (Å²) in [6.07, 6.45) is 2.06. The minimum Gasteiger partial charge on any atom is -0.306 e. The van der Waals surface area contributed by atoms with Gasteiger partial charge in [-0.1, -0.05) is 52.3 Å². The molecule has 0 saturated carbocycles. The number of hydrogen-bond donors (Lipinski definition) is 1. The molecule has 1 N–H and O–H groups in total. The summed E-state index contributed by atoms with van der Waals surface area (Å²) < 4.78 is 1.19. The Kier molecular flexibility index (Phi) is 4.91. The third-order valence-corrected chi connectivity index (χ3v) is 2.93. The lowest BCUT2D eigenvalue weighted by atomic mass is 10.1. The highest BCUT2D eigenvalue weighted by Gasteiger charge is 2.02. The molecule has 14 heavy (non-hydrogen) atoms. The van der Waals surface area contributed by atoms with Gasteiger partial charge in [-0.25, -0.2) is 0 Å². The lowest BCUT2D eigenvalue weighted by Gasteiger charge is -2.13. The smallest absolute Gasteiger partial charge is 0.0295 e. The van der Waals surface area contributed by atoms with Crippen LogP contribution in [0.2, 0.25) is 0 Å². The predicted octanol–water partition coefficient (Wildman–Crippen LogP) is 3.64. The molecule has 0 spiro atoms. The van der Waals surface area contributed by atoms with Crippen LogP contribution in [0.5, 0.6) is 0 Å². The molecule has 1 aromatic rings. The Morgan fingerprint density at radius 2 is 2.07 bits per heavy atom. The van der Waals surface area contributed by atoms with Gasteiger partial charge in [-0.15, -0.1) is 0 Å². The van der Waals surface area contributed by atoms with Gasteiger partial charge in [-0.3, -0.25) is 0 Å². The molecular weight excluding hydrogens is 238 g/mol. The van der Waals surface area contributed by atoms with E-state index in [2.05, 4.69) is 58.5 Å². The van der Waals surface area contributed by atoms with E-state index >= 15 is 0 Å². The zero-order valence-corrected chi connectivity index (χ0v) is 10.2. The van der Waals surface area contributed by atoms with Crippen molar-refractivity contribution >= 4 is 15.9 Å². The van der Waals surface area contributed by atoms with E-state index in [0.29, 0.717) is 6.04 Å². The van der Waals surface area contributed by atoms with E-state index in [4.69, 9.17) is 0 Å². The van der Waals surface area contributed by atoms with Crippen molar-refractivity contribution in [2.45, 2.75) is 19.9 Å². The Hall–Kier alpha value is -0.600. The van der Waals surface area contributed by atoms with E-state index in [1.165, 1.54) is 10.0 Å². The first kappa shape index (κ1) is 11.5. The summed E-state index contributed by atoms with van der Waals surface area (Å²) >= 11 is 3.48. The zero-order valence-electron chi connectivity index (χ0n) is 8.63. The number of rotatable bonds is 4. The van der Waals surface area contributed by atoms with Gasteiger partial charge in [0.05, 0.1) is 0 Å². The van der Waals surface area contributed by atoms with Gasteiger partial charge < -0.3 is 5.32 Å². The predicted molar refractivity (Wildman–Crippen MR) is 65.5 cm³/mol. The van der Waals surface area contributed by atoms with Crippen molar-refractivity contribution in [1.29, 1.82) is 0 Å². The lowest BCUT2D eigenvalue weighted by Crippen LogP contribution is -2.19. The molecule has 0 bridgehead atoms. The van der Waals surface area contributed by atoms with E-state index in [1.807, 2.05) is 13.0 Å². The van der Waals surface area contributed by atoms with Crippen LogP contribution in [0.25, 0.3) is 0 Å². The number of allylic oxidation sites excluding steroid dienone is 1. The third kappa shape index (κ3) is 3.64. The Balaban J connectivity index is 2.47. The standard InChI is InChI=1S/C12H16BrN/c1-3-12(13)9-14-10(2)11-7-5-4-6-8-11/h3-8,10,14H,9H2,1-2H3/b12-3+/t10-/m0/s1. The molecule has 0 radical (unpaired) electrons. The Morgan fingerprint density at radius 3 is 2.64 bits per heavy atom. The second-order valence-electron chi connectivity index (χ2n) is 3.25. The maximum Gasteiger partial charge on any atom is 0.0295 e. The van der Waals surface area contributed by atoms with Crippen LogP contribution >= 0.6 is 15.9 Å². The minimum absolute atomic E-state index is 0.392. The molecule has 1 nitrogen and oxygen atoms in total. The normalized spacial score (nSPS) is 14.1. The molecule has 2 heteroatoms. The topological polar surface area (TPSA) is 12.0 Å². The van der Waals surface area contributed by atoms with Crippen LogP contribution in [-0.2, 0) is 0 Å². The molecule has 0 unspecified atom stereocenters. The Bertz CT molecular complexity index is 292. The van der Waals surface area contributed by atoms with Crippen molar-refractivity contribution in [3.63, 3.8) is 0 Å². The number of hydrogen-bond acceptors (Lipinski definition) is 1. The van der Waals surface area contributed by atoms with E-state index in [9.17, 15) is 0 Å². The van der Waals surface area contributed by atoms with Crippen molar-refractivity contribution < 1.29 is 0 Å². The highest BCUT2D eigenvalue weighted by molar-refractivity contribution is 9.11. The van der Waals surface area contributed by atoms with Crippen molar-refractivity contribution in [3.8, 4) is 0 Å². The van der Waals surface area contributed by atoms with Gasteiger partial charge in [-0.2, -0.15) is 0 Å². The maximum absolute atomic E-state index is 3.48. The first-order valence-corrected chi connectivity index (χ1v) is 5.62. The maximum atomic E-state index is 3.48. The van der Waals surface area contributed by atoms with Gasteiger partial charge in [-0.05, 0) is 19.4 Å². The summed E-state index contributed by atoms with van der Waals surface area (Å²) in [7, 11) is 0. The van der Waals surface area contributed by atoms with E-state index in [1.54, 1.807) is 0 Å². The number of nitrogens with one attached hydrogen (secondary N) is 1. The van der Waals surface area contributed by atoms with Gasteiger partial charge in [0.2, 0.25) is 0 Å². The van der Waals surface area contributed by atoms with Crippen LogP contribution in [0.4, 0.5) is 0 Å². The molecule has 0 saturated heterocycles. The average molecular weight is 254 g/mol. The van der Waals surface area contributed by atoms with Crippen LogP contribution in [0.15, 0.2) is 40.9 Å². The second-order valence-corrected chi connectivity index (χ2v) is 4.27. The molecule has 76 valence electrons. The van der Waals surface area contributed by atoms with Crippen LogP contribution in [-0.4, -0.2) is 6.54 Å². The van der Waals surface area contributed by atoms with Gasteiger partial charge in [0.1, 0.15) is 0 Å². The quantitative estimate of drug-likeness (QED) is 0.865. The molecule has 0 fully saturated rings. The third-order valence-electron chi connectivity index (χ3n) is 2.19. The fraction of sp³-hybridized carbons (Fsp3) is 0.333. The lowest BCUT2D eigenvalue weighted by molar-refractivity contribution is 0.615. The summed E-state index contributed by atoms with van der Waals surface area (Å²) in [6, 6.07) is 10.8. The molecule has 0 aromatic heterocycles. The SMILES string of the molecule is C/C=C(/Br)CN[C@@H](C)c1ccccc1. The summed E-state index contributed by atoms with van der Waals surface area (Å²) in [5.74, 6) is 0. The van der Waals surface area contributed by atoms with Crippen LogP contribution in [0.3, 0.4) is 0 Å². The summed E-state index contributed by atoms with van der Waals surface area (Å²) in [4.78, 5) is 0. The molecule has 0 heterocycles. The Labute approximate surface area is 94.3 Å². The molecule has 1 rings (SSSR count). The zero-order chi connectivity index (χ0) is 10.4. The van der Waals surface area contributed by atoms with Crippen molar-refractivity contribution in [2.24, 2.45) is 0 Å². The van der Waals surface area contributed by atoms with Gasteiger partial charge >= 0.3 is 0 Å². The summed E-state index contributed by atoms with van der Waals surface area (Å²) in [5.41, 5.74) is 1.32. The van der Waals surface area contributed by atoms with Gasteiger partial charge in [0.25, 0.3) is 0 Å². The minimum atomic E-state index is 0.392. The van der Waals surface area contributed by atoms with Crippen LogP contribution in [0.1, 0.15) is 25.5 Å². The highest BCUT2D eigenvalue weighted by atomic mass is 79.9. The molecule has 1 aromatic carbocycles. The first-order chi connectivity index (χ1) is 6.74. The highest BCUT2D eigenvalue weighted by Crippen LogP contribution is 2.12. The fourth-order valence-corrected chi connectivity index (χ4v) is 1.37. The molecule has 0 amide bonds. The number of benzene rings is 1. The molecule has 0 aliphatic heterocycles. The van der Waals surface area contributed by atoms with Crippen LogP contribution < -0.4 is 5.32 Å². The number of halogens is 1. The van der Waals surface area contributed by atoms with Crippen LogP contribution in [0, 0.1) is 0 Å². The monoisotopic (exact) mass is 253 g/mol. The second kappa shape index (κ2) is 5.99. The van der Waals surface area contributed by atoms with Crippen molar-refractivity contribution in [1.82, 2.24) is 5.32 Å². The molecule has 0 aliphatic rings. The van der Waals surface area contributed by atoms with Crippen molar-refractivity contribution in [3.05, 3.63) is 46.5 Å². The summed E-state index contributed by atoms with van der Waals surface area (Å²) in [6.45, 7) is 5.08. The largest absolute Gasteiger partial charge is 0.306 e. The van der Waals surface area contributed by atoms with E-state index in [0.717, 1.165) is 6.54 Å². The van der Waals surface area contributed by atoms with Gasteiger partial charge in [0.15, 0.2) is 0 Å². The van der Waals surface area contributed by atoms with Gasteiger partial charge in [0, 0.05) is 17.1 Å². The Morgan fingerprint density at radius 1 is 1.43 bits per heavy atom. The van der Waals surface area contributed by atoms with Crippen molar-refractivity contribution in [2.75, 3.05) is 6.54 Å². The molecule has 1 atom stereocenters. The molecule has 0 aliphatic carbocycles. The average Bonchev–Trinajstić information content (AvgIpc) is 2.26. The summed E-state index contributed by atoms with van der Waals surface area (Å²) in [5, 5.41) is 3.43. The molecular formula is C12H16BrN. The van der Waals surface area contributed by atoms with E-state index < -0.39 is 0 Å². The first-order valence-electron chi connectivity index (χ1n) is 4.83. The van der Waals surface area contributed by atoms with E-state index in [-0.39, 0.29) is 0 Å².